The van der Waals surface area contributed by atoms with Gasteiger partial charge in [0.05, 0.1) is 6.10 Å². The second kappa shape index (κ2) is 4.69. The molecule has 2 rings (SSSR count). The van der Waals surface area contributed by atoms with Gasteiger partial charge in [-0.15, -0.1) is 0 Å². The summed E-state index contributed by atoms with van der Waals surface area (Å²) in [4.78, 5) is 2.49. The van der Waals surface area contributed by atoms with Crippen molar-refractivity contribution >= 4 is 5.69 Å². The molecule has 0 spiro atoms. The van der Waals surface area contributed by atoms with E-state index in [0.29, 0.717) is 12.1 Å². The summed E-state index contributed by atoms with van der Waals surface area (Å²) in [7, 11) is 0. The average Bonchev–Trinajstić information content (AvgIpc) is 2.51. The van der Waals surface area contributed by atoms with E-state index in [1.807, 2.05) is 6.92 Å². The van der Waals surface area contributed by atoms with Crippen molar-refractivity contribution < 1.29 is 5.11 Å². The Bertz CT molecular complexity index is 398. The van der Waals surface area contributed by atoms with Crippen LogP contribution in [0.5, 0.6) is 0 Å². The normalized spacial score (nSPS) is 20.8. The van der Waals surface area contributed by atoms with Crippen molar-refractivity contribution in [3.05, 3.63) is 29.3 Å². The lowest BCUT2D eigenvalue weighted by molar-refractivity contribution is 0.195. The van der Waals surface area contributed by atoms with Crippen LogP contribution >= 0.6 is 0 Å². The fourth-order valence-corrected chi connectivity index (χ4v) is 2.96. The monoisotopic (exact) mass is 233 g/mol. The molecule has 2 nitrogen and oxygen atoms in total. The van der Waals surface area contributed by atoms with E-state index in [4.69, 9.17) is 0 Å². The quantitative estimate of drug-likeness (QED) is 0.867. The molecular formula is C15H23NO. The summed E-state index contributed by atoms with van der Waals surface area (Å²) in [5, 5.41) is 9.44. The summed E-state index contributed by atoms with van der Waals surface area (Å²) >= 11 is 0. The predicted octanol–water partition coefficient (Wildman–Crippen LogP) is 2.77. The smallest absolute Gasteiger partial charge is 0.0552 e. The second-order valence-electron chi connectivity index (χ2n) is 5.57. The van der Waals surface area contributed by atoms with Crippen molar-refractivity contribution in [2.75, 3.05) is 4.90 Å². The van der Waals surface area contributed by atoms with Gasteiger partial charge in [-0.05, 0) is 57.7 Å². The van der Waals surface area contributed by atoms with Crippen LogP contribution in [0.1, 0.15) is 38.8 Å². The summed E-state index contributed by atoms with van der Waals surface area (Å²) < 4.78 is 0. The zero-order valence-electron chi connectivity index (χ0n) is 11.3. The number of nitrogens with zero attached hydrogens (tertiary/aromatic N) is 1. The molecule has 1 aromatic rings. The zero-order chi connectivity index (χ0) is 12.6. The van der Waals surface area contributed by atoms with Crippen molar-refractivity contribution in [2.24, 2.45) is 0 Å². The van der Waals surface area contributed by atoms with Crippen LogP contribution in [0.2, 0.25) is 0 Å². The van der Waals surface area contributed by atoms with Gasteiger partial charge in [0, 0.05) is 17.8 Å². The lowest BCUT2D eigenvalue weighted by Crippen LogP contribution is -2.35. The molecular weight excluding hydrogens is 210 g/mol. The molecule has 1 aromatic carbocycles. The van der Waals surface area contributed by atoms with Gasteiger partial charge in [-0.2, -0.15) is 0 Å². The number of benzene rings is 1. The van der Waals surface area contributed by atoms with Crippen LogP contribution in [-0.2, 0) is 12.8 Å². The highest BCUT2D eigenvalue weighted by Gasteiger charge is 2.27. The van der Waals surface area contributed by atoms with E-state index in [-0.39, 0.29) is 6.10 Å². The van der Waals surface area contributed by atoms with E-state index in [1.165, 1.54) is 16.8 Å². The number of anilines is 1. The Morgan fingerprint density at radius 3 is 2.65 bits per heavy atom. The van der Waals surface area contributed by atoms with Crippen LogP contribution < -0.4 is 4.90 Å². The van der Waals surface area contributed by atoms with Gasteiger partial charge in [0.25, 0.3) is 0 Å². The molecule has 2 atom stereocenters. The first-order valence-corrected chi connectivity index (χ1v) is 6.57. The largest absolute Gasteiger partial charge is 0.393 e. The Labute approximate surface area is 104 Å². The summed E-state index contributed by atoms with van der Waals surface area (Å²) in [6.45, 7) is 8.62. The summed E-state index contributed by atoms with van der Waals surface area (Å²) in [5.41, 5.74) is 4.06. The third kappa shape index (κ3) is 2.47. The molecule has 2 unspecified atom stereocenters. The number of hydrogen-bond donors (Lipinski definition) is 1. The van der Waals surface area contributed by atoms with Crippen molar-refractivity contribution in [1.82, 2.24) is 0 Å². The molecule has 0 aliphatic carbocycles. The van der Waals surface area contributed by atoms with Crippen LogP contribution in [0.25, 0.3) is 0 Å². The first-order chi connectivity index (χ1) is 7.99. The minimum Gasteiger partial charge on any atom is -0.393 e. The lowest BCUT2D eigenvalue weighted by atomic mass is 10.0. The van der Waals surface area contributed by atoms with E-state index in [1.54, 1.807) is 0 Å². The van der Waals surface area contributed by atoms with Gasteiger partial charge >= 0.3 is 0 Å². The minimum absolute atomic E-state index is 0.256. The molecule has 0 saturated carbocycles. The van der Waals surface area contributed by atoms with Gasteiger partial charge in [-0.3, -0.25) is 0 Å². The highest BCUT2D eigenvalue weighted by molar-refractivity contribution is 5.61. The molecule has 0 amide bonds. The Balaban J connectivity index is 2.28. The first kappa shape index (κ1) is 12.4. The first-order valence-electron chi connectivity index (χ1n) is 6.57. The highest BCUT2D eigenvalue weighted by atomic mass is 16.3. The standard InChI is InChI=1S/C15H23NO/c1-10(2)16-11(3)7-14-9-13(8-12(4)17)5-6-15(14)16/h5-6,9-12,17H,7-8H2,1-4H3. The fraction of sp³-hybridized carbons (Fsp3) is 0.600. The third-order valence-electron chi connectivity index (χ3n) is 3.50. The number of hydrogen-bond acceptors (Lipinski definition) is 2. The molecule has 0 saturated heterocycles. The summed E-state index contributed by atoms with van der Waals surface area (Å²) in [6.07, 6.45) is 1.62. The maximum atomic E-state index is 9.44. The minimum atomic E-state index is -0.256. The summed E-state index contributed by atoms with van der Waals surface area (Å²) in [6, 6.07) is 7.77. The van der Waals surface area contributed by atoms with Crippen molar-refractivity contribution in [2.45, 2.75) is 58.7 Å². The van der Waals surface area contributed by atoms with Gasteiger partial charge in [-0.25, -0.2) is 0 Å². The lowest BCUT2D eigenvalue weighted by Gasteiger charge is -2.29. The van der Waals surface area contributed by atoms with Crippen LogP contribution in [0.4, 0.5) is 5.69 Å². The van der Waals surface area contributed by atoms with Crippen molar-refractivity contribution in [1.29, 1.82) is 0 Å². The van der Waals surface area contributed by atoms with Gasteiger partial charge < -0.3 is 10.0 Å². The molecule has 0 radical (unpaired) electrons. The van der Waals surface area contributed by atoms with Crippen LogP contribution in [0, 0.1) is 0 Å². The van der Waals surface area contributed by atoms with Gasteiger partial charge in [0.1, 0.15) is 0 Å². The Morgan fingerprint density at radius 2 is 2.06 bits per heavy atom. The maximum Gasteiger partial charge on any atom is 0.0552 e. The van der Waals surface area contributed by atoms with Crippen molar-refractivity contribution in [3.63, 3.8) is 0 Å². The molecule has 0 aromatic heterocycles. The number of rotatable bonds is 3. The molecule has 1 N–H and O–H groups in total. The average molecular weight is 233 g/mol. The molecule has 1 heterocycles. The molecule has 0 bridgehead atoms. The van der Waals surface area contributed by atoms with Gasteiger partial charge in [-0.1, -0.05) is 12.1 Å². The van der Waals surface area contributed by atoms with Gasteiger partial charge in [0.2, 0.25) is 0 Å². The van der Waals surface area contributed by atoms with E-state index >= 15 is 0 Å². The Hall–Kier alpha value is -1.02. The predicted molar refractivity (Wildman–Crippen MR) is 72.6 cm³/mol. The maximum absolute atomic E-state index is 9.44. The molecule has 0 fully saturated rings. The molecule has 1 aliphatic rings. The SMILES string of the molecule is CC(O)Cc1ccc2c(c1)CC(C)N2C(C)C. The number of aliphatic hydroxyl groups is 1. The summed E-state index contributed by atoms with van der Waals surface area (Å²) in [5.74, 6) is 0. The fourth-order valence-electron chi connectivity index (χ4n) is 2.96. The van der Waals surface area contributed by atoms with Crippen LogP contribution in [0.15, 0.2) is 18.2 Å². The Morgan fingerprint density at radius 1 is 1.35 bits per heavy atom. The zero-order valence-corrected chi connectivity index (χ0v) is 11.3. The number of aliphatic hydroxyl groups excluding tert-OH is 1. The molecule has 17 heavy (non-hydrogen) atoms. The van der Waals surface area contributed by atoms with Gasteiger partial charge in [0.15, 0.2) is 0 Å². The van der Waals surface area contributed by atoms with E-state index in [2.05, 4.69) is 43.9 Å². The van der Waals surface area contributed by atoms with Crippen LogP contribution in [-0.4, -0.2) is 23.3 Å². The molecule has 2 heteroatoms. The number of fused-ring (bicyclic) bond motifs is 1. The highest BCUT2D eigenvalue weighted by Crippen LogP contribution is 2.34. The topological polar surface area (TPSA) is 23.5 Å². The van der Waals surface area contributed by atoms with E-state index in [9.17, 15) is 5.11 Å². The second-order valence-corrected chi connectivity index (χ2v) is 5.57. The van der Waals surface area contributed by atoms with E-state index in [0.717, 1.165) is 12.8 Å². The molecule has 94 valence electrons. The molecule has 1 aliphatic heterocycles. The van der Waals surface area contributed by atoms with E-state index < -0.39 is 0 Å². The Kier molecular flexibility index (Phi) is 3.43. The van der Waals surface area contributed by atoms with Crippen molar-refractivity contribution in [3.8, 4) is 0 Å². The third-order valence-corrected chi connectivity index (χ3v) is 3.50. The van der Waals surface area contributed by atoms with Crippen LogP contribution in [0.3, 0.4) is 0 Å².